The molecule has 0 aromatic carbocycles. The second-order valence-corrected chi connectivity index (χ2v) is 5.06. The maximum atomic E-state index is 10.4. The first-order valence-corrected chi connectivity index (χ1v) is 6.16. The van der Waals surface area contributed by atoms with Crippen LogP contribution in [0.4, 0.5) is 0 Å². The lowest BCUT2D eigenvalue weighted by Crippen LogP contribution is -2.51. The molecule has 2 atom stereocenters. The first-order valence-electron chi connectivity index (χ1n) is 6.16. The van der Waals surface area contributed by atoms with Crippen molar-refractivity contribution in [2.45, 2.75) is 51.0 Å². The van der Waals surface area contributed by atoms with Crippen LogP contribution in [0.15, 0.2) is 0 Å². The molecule has 0 saturated heterocycles. The van der Waals surface area contributed by atoms with Crippen molar-refractivity contribution in [1.29, 1.82) is 0 Å². The monoisotopic (exact) mass is 229 g/mol. The Morgan fingerprint density at radius 3 is 2.88 bits per heavy atom. The third kappa shape index (κ3) is 4.10. The van der Waals surface area contributed by atoms with E-state index in [1.807, 2.05) is 0 Å². The van der Waals surface area contributed by atoms with E-state index in [1.54, 1.807) is 0 Å². The van der Waals surface area contributed by atoms with Gasteiger partial charge in [0.15, 0.2) is 0 Å². The molecule has 16 heavy (non-hydrogen) atoms. The van der Waals surface area contributed by atoms with Crippen molar-refractivity contribution >= 4 is 5.97 Å². The zero-order valence-corrected chi connectivity index (χ0v) is 10.0. The van der Waals surface area contributed by atoms with Crippen LogP contribution in [0.2, 0.25) is 0 Å². The average Bonchev–Trinajstić information content (AvgIpc) is 2.24. The largest absolute Gasteiger partial charge is 0.481 e. The lowest BCUT2D eigenvalue weighted by Gasteiger charge is -2.39. The van der Waals surface area contributed by atoms with E-state index in [4.69, 9.17) is 5.11 Å². The Bertz CT molecular complexity index is 232. The second kappa shape index (κ2) is 6.21. The van der Waals surface area contributed by atoms with Gasteiger partial charge in [-0.05, 0) is 31.7 Å². The van der Waals surface area contributed by atoms with Crippen molar-refractivity contribution < 1.29 is 15.0 Å². The standard InChI is InChI=1S/C12H23NO3/c1-10-4-2-6-12(8-10,9-14)13-7-3-5-11(15)16/h10,13-14H,2-9H2,1H3,(H,15,16). The van der Waals surface area contributed by atoms with Crippen molar-refractivity contribution in [3.8, 4) is 0 Å². The molecule has 1 saturated carbocycles. The molecule has 1 aliphatic carbocycles. The van der Waals surface area contributed by atoms with E-state index in [0.29, 0.717) is 18.9 Å². The van der Waals surface area contributed by atoms with E-state index in [0.717, 1.165) is 19.3 Å². The molecule has 1 fully saturated rings. The highest BCUT2D eigenvalue weighted by molar-refractivity contribution is 5.66. The van der Waals surface area contributed by atoms with Gasteiger partial charge in [-0.3, -0.25) is 4.79 Å². The molecule has 94 valence electrons. The molecule has 0 heterocycles. The molecular weight excluding hydrogens is 206 g/mol. The van der Waals surface area contributed by atoms with Gasteiger partial charge in [0.25, 0.3) is 0 Å². The van der Waals surface area contributed by atoms with Crippen LogP contribution in [-0.4, -0.2) is 34.9 Å². The van der Waals surface area contributed by atoms with Crippen molar-refractivity contribution in [2.75, 3.05) is 13.2 Å². The van der Waals surface area contributed by atoms with Crippen molar-refractivity contribution in [2.24, 2.45) is 5.92 Å². The smallest absolute Gasteiger partial charge is 0.303 e. The van der Waals surface area contributed by atoms with Gasteiger partial charge in [-0.15, -0.1) is 0 Å². The quantitative estimate of drug-likeness (QED) is 0.602. The molecule has 2 unspecified atom stereocenters. The minimum absolute atomic E-state index is 0.157. The molecule has 0 spiro atoms. The van der Waals surface area contributed by atoms with Crippen molar-refractivity contribution in [3.05, 3.63) is 0 Å². The summed E-state index contributed by atoms with van der Waals surface area (Å²) in [5.41, 5.74) is -0.157. The second-order valence-electron chi connectivity index (χ2n) is 5.06. The van der Waals surface area contributed by atoms with E-state index in [1.165, 1.54) is 6.42 Å². The minimum atomic E-state index is -0.753. The third-order valence-electron chi connectivity index (χ3n) is 3.46. The number of rotatable bonds is 6. The maximum Gasteiger partial charge on any atom is 0.303 e. The van der Waals surface area contributed by atoms with E-state index < -0.39 is 5.97 Å². The molecule has 1 rings (SSSR count). The molecular formula is C12H23NO3. The number of hydrogen-bond acceptors (Lipinski definition) is 3. The molecule has 0 aliphatic heterocycles. The highest BCUT2D eigenvalue weighted by atomic mass is 16.4. The van der Waals surface area contributed by atoms with Gasteiger partial charge in [0.1, 0.15) is 0 Å². The Morgan fingerprint density at radius 1 is 1.56 bits per heavy atom. The van der Waals surface area contributed by atoms with Gasteiger partial charge in [-0.2, -0.15) is 0 Å². The predicted octanol–water partition coefficient (Wildman–Crippen LogP) is 1.38. The van der Waals surface area contributed by atoms with E-state index in [2.05, 4.69) is 12.2 Å². The number of hydrogen-bond donors (Lipinski definition) is 3. The number of carboxylic acid groups (broad SMARTS) is 1. The van der Waals surface area contributed by atoms with Crippen molar-refractivity contribution in [3.63, 3.8) is 0 Å². The Labute approximate surface area is 97.0 Å². The summed E-state index contributed by atoms with van der Waals surface area (Å²) in [6.07, 6.45) is 5.21. The fraction of sp³-hybridized carbons (Fsp3) is 0.917. The van der Waals surface area contributed by atoms with E-state index >= 15 is 0 Å². The molecule has 0 amide bonds. The highest BCUT2D eigenvalue weighted by Crippen LogP contribution is 2.31. The minimum Gasteiger partial charge on any atom is -0.481 e. The van der Waals surface area contributed by atoms with Crippen LogP contribution in [0.1, 0.15) is 45.4 Å². The Hall–Kier alpha value is -0.610. The molecule has 0 aromatic heterocycles. The first-order chi connectivity index (χ1) is 7.58. The van der Waals surface area contributed by atoms with Crippen LogP contribution >= 0.6 is 0 Å². The van der Waals surface area contributed by atoms with Crippen LogP contribution in [0.5, 0.6) is 0 Å². The number of aliphatic hydroxyl groups is 1. The average molecular weight is 229 g/mol. The summed E-state index contributed by atoms with van der Waals surface area (Å²) in [6.45, 7) is 3.05. The highest BCUT2D eigenvalue weighted by Gasteiger charge is 2.33. The number of carboxylic acids is 1. The van der Waals surface area contributed by atoms with Gasteiger partial charge in [0.2, 0.25) is 0 Å². The number of nitrogens with one attached hydrogen (secondary N) is 1. The van der Waals surface area contributed by atoms with Gasteiger partial charge in [0.05, 0.1) is 6.61 Å². The lowest BCUT2D eigenvalue weighted by atomic mass is 9.77. The van der Waals surface area contributed by atoms with Gasteiger partial charge in [0, 0.05) is 12.0 Å². The van der Waals surface area contributed by atoms with Gasteiger partial charge >= 0.3 is 5.97 Å². The molecule has 3 N–H and O–H groups in total. The summed E-state index contributed by atoms with van der Waals surface area (Å²) in [5.74, 6) is -0.107. The Morgan fingerprint density at radius 2 is 2.31 bits per heavy atom. The number of carbonyl (C=O) groups is 1. The molecule has 0 aromatic rings. The fourth-order valence-corrected chi connectivity index (χ4v) is 2.61. The normalized spacial score (nSPS) is 30.2. The third-order valence-corrected chi connectivity index (χ3v) is 3.46. The number of aliphatic hydroxyl groups excluding tert-OH is 1. The van der Waals surface area contributed by atoms with Gasteiger partial charge in [-0.1, -0.05) is 19.8 Å². The molecule has 0 bridgehead atoms. The lowest BCUT2D eigenvalue weighted by molar-refractivity contribution is -0.137. The zero-order chi connectivity index (χ0) is 12.0. The van der Waals surface area contributed by atoms with Crippen molar-refractivity contribution in [1.82, 2.24) is 5.32 Å². The van der Waals surface area contributed by atoms with Gasteiger partial charge < -0.3 is 15.5 Å². The van der Waals surface area contributed by atoms with Crippen LogP contribution in [-0.2, 0) is 4.79 Å². The van der Waals surface area contributed by atoms with Crippen LogP contribution in [0, 0.1) is 5.92 Å². The number of aliphatic carboxylic acids is 1. The van der Waals surface area contributed by atoms with E-state index in [-0.39, 0.29) is 18.6 Å². The van der Waals surface area contributed by atoms with Crippen LogP contribution < -0.4 is 5.32 Å². The summed E-state index contributed by atoms with van der Waals surface area (Å²) < 4.78 is 0. The fourth-order valence-electron chi connectivity index (χ4n) is 2.61. The van der Waals surface area contributed by atoms with Gasteiger partial charge in [-0.25, -0.2) is 0 Å². The zero-order valence-electron chi connectivity index (χ0n) is 10.0. The molecule has 4 heteroatoms. The summed E-state index contributed by atoms with van der Waals surface area (Å²) in [6, 6.07) is 0. The molecule has 0 radical (unpaired) electrons. The topological polar surface area (TPSA) is 69.6 Å². The van der Waals surface area contributed by atoms with Crippen LogP contribution in [0.25, 0.3) is 0 Å². The molecule has 4 nitrogen and oxygen atoms in total. The Balaban J connectivity index is 2.32. The van der Waals surface area contributed by atoms with Crippen LogP contribution in [0.3, 0.4) is 0 Å². The van der Waals surface area contributed by atoms with E-state index in [9.17, 15) is 9.90 Å². The SMILES string of the molecule is CC1CCCC(CO)(NCCCC(=O)O)C1. The predicted molar refractivity (Wildman–Crippen MR) is 62.3 cm³/mol. The summed E-state index contributed by atoms with van der Waals surface area (Å²) >= 11 is 0. The summed E-state index contributed by atoms with van der Waals surface area (Å²) in [4.78, 5) is 10.4. The summed E-state index contributed by atoms with van der Waals surface area (Å²) in [5, 5.41) is 21.4. The summed E-state index contributed by atoms with van der Waals surface area (Å²) in [7, 11) is 0. The Kier molecular flexibility index (Phi) is 5.22. The first kappa shape index (κ1) is 13.5. The maximum absolute atomic E-state index is 10.4. The molecule has 1 aliphatic rings.